The van der Waals surface area contributed by atoms with Crippen LogP contribution in [0.2, 0.25) is 0 Å². The van der Waals surface area contributed by atoms with Crippen LogP contribution in [-0.2, 0) is 4.74 Å². The van der Waals surface area contributed by atoms with E-state index < -0.39 is 17.6 Å². The highest BCUT2D eigenvalue weighted by molar-refractivity contribution is 5.89. The van der Waals surface area contributed by atoms with E-state index in [-0.39, 0.29) is 12.2 Å². The molecule has 1 aromatic rings. The molecule has 0 aromatic heterocycles. The van der Waals surface area contributed by atoms with E-state index in [2.05, 4.69) is 0 Å². The Hall–Kier alpha value is -1.71. The highest BCUT2D eigenvalue weighted by Crippen LogP contribution is 2.09. The predicted molar refractivity (Wildman–Crippen MR) is 51.5 cm³/mol. The molecular weight excluding hydrogens is 202 g/mol. The molecule has 0 saturated heterocycles. The number of esters is 1. The molecule has 0 bridgehead atoms. The van der Waals surface area contributed by atoms with E-state index in [0.29, 0.717) is 0 Å². The van der Waals surface area contributed by atoms with Crippen molar-refractivity contribution in [2.75, 3.05) is 6.61 Å². The summed E-state index contributed by atoms with van der Waals surface area (Å²) < 4.78 is 30.0. The predicted octanol–water partition coefficient (Wildman–Crippen LogP) is 2.70. The molecule has 80 valence electrons. The molecule has 0 aliphatic rings. The van der Waals surface area contributed by atoms with E-state index in [1.54, 1.807) is 19.1 Å². The molecule has 0 aliphatic heterocycles. The van der Waals surface area contributed by atoms with Gasteiger partial charge in [-0.15, -0.1) is 0 Å². The number of carbonyl (C=O) groups excluding carboxylic acids is 1. The van der Waals surface area contributed by atoms with Gasteiger partial charge >= 0.3 is 5.97 Å². The van der Waals surface area contributed by atoms with E-state index in [1.807, 2.05) is 0 Å². The first kappa shape index (κ1) is 11.4. The third kappa shape index (κ3) is 3.16. The lowest BCUT2D eigenvalue weighted by Gasteiger charge is -2.01. The highest BCUT2D eigenvalue weighted by Gasteiger charge is 2.09. The van der Waals surface area contributed by atoms with Crippen molar-refractivity contribution in [2.45, 2.75) is 6.92 Å². The molecule has 0 fully saturated rings. The Bertz CT molecular complexity index is 386. The smallest absolute Gasteiger partial charge is 0.338 e. The summed E-state index contributed by atoms with van der Waals surface area (Å²) in [5.74, 6) is -2.72. The number of rotatable bonds is 3. The van der Waals surface area contributed by atoms with E-state index in [1.165, 1.54) is 6.07 Å². The van der Waals surface area contributed by atoms with Gasteiger partial charge in [0.2, 0.25) is 0 Å². The standard InChI is InChI=1S/C11H10F2O2/c1-2-3-6-15-11(14)8-4-5-9(12)10(13)7-8/h2-5,7H,6H2,1H3/b3-2+. The van der Waals surface area contributed by atoms with Gasteiger partial charge in [-0.3, -0.25) is 0 Å². The van der Waals surface area contributed by atoms with Crippen molar-refractivity contribution in [1.82, 2.24) is 0 Å². The van der Waals surface area contributed by atoms with Crippen molar-refractivity contribution in [3.05, 3.63) is 47.5 Å². The molecule has 1 aromatic carbocycles. The quantitative estimate of drug-likeness (QED) is 0.568. The van der Waals surface area contributed by atoms with Crippen LogP contribution in [-0.4, -0.2) is 12.6 Å². The van der Waals surface area contributed by atoms with Gasteiger partial charge in [0.15, 0.2) is 11.6 Å². The summed E-state index contributed by atoms with van der Waals surface area (Å²) in [5.41, 5.74) is -0.00148. The zero-order chi connectivity index (χ0) is 11.3. The molecule has 0 heterocycles. The third-order valence-electron chi connectivity index (χ3n) is 1.70. The van der Waals surface area contributed by atoms with Crippen LogP contribution < -0.4 is 0 Å². The molecule has 0 spiro atoms. The summed E-state index contributed by atoms with van der Waals surface area (Å²) in [6, 6.07) is 2.88. The summed E-state index contributed by atoms with van der Waals surface area (Å²) in [7, 11) is 0. The molecule has 1 rings (SSSR count). The Morgan fingerprint density at radius 2 is 2.13 bits per heavy atom. The summed E-state index contributed by atoms with van der Waals surface area (Å²) in [4.78, 5) is 11.2. The Kier molecular flexibility index (Phi) is 3.97. The summed E-state index contributed by atoms with van der Waals surface area (Å²) in [6.07, 6.45) is 3.36. The monoisotopic (exact) mass is 212 g/mol. The highest BCUT2D eigenvalue weighted by atomic mass is 19.2. The van der Waals surface area contributed by atoms with Gasteiger partial charge in [-0.2, -0.15) is 0 Å². The van der Waals surface area contributed by atoms with Gasteiger partial charge in [0, 0.05) is 0 Å². The third-order valence-corrected chi connectivity index (χ3v) is 1.70. The molecule has 0 aliphatic carbocycles. The van der Waals surface area contributed by atoms with Crippen LogP contribution in [0.1, 0.15) is 17.3 Å². The average molecular weight is 212 g/mol. The molecule has 0 unspecified atom stereocenters. The minimum absolute atomic E-state index is 0.00148. The molecule has 0 atom stereocenters. The molecular formula is C11H10F2O2. The van der Waals surface area contributed by atoms with Gasteiger partial charge in [0.1, 0.15) is 6.61 Å². The Labute approximate surface area is 86.2 Å². The lowest BCUT2D eigenvalue weighted by molar-refractivity contribution is 0.0549. The first-order valence-electron chi connectivity index (χ1n) is 4.38. The maximum Gasteiger partial charge on any atom is 0.338 e. The van der Waals surface area contributed by atoms with Gasteiger partial charge in [-0.1, -0.05) is 12.2 Å². The van der Waals surface area contributed by atoms with E-state index in [4.69, 9.17) is 4.74 Å². The SMILES string of the molecule is C/C=C/COC(=O)c1ccc(F)c(F)c1. The van der Waals surface area contributed by atoms with Crippen LogP contribution in [0.15, 0.2) is 30.4 Å². The lowest BCUT2D eigenvalue weighted by Crippen LogP contribution is -2.05. The Morgan fingerprint density at radius 1 is 1.40 bits per heavy atom. The van der Waals surface area contributed by atoms with Crippen molar-refractivity contribution < 1.29 is 18.3 Å². The zero-order valence-corrected chi connectivity index (χ0v) is 8.17. The van der Waals surface area contributed by atoms with Gasteiger partial charge in [-0.25, -0.2) is 13.6 Å². The van der Waals surface area contributed by atoms with Gasteiger partial charge in [-0.05, 0) is 25.1 Å². The number of carbonyl (C=O) groups is 1. The fourth-order valence-electron chi connectivity index (χ4n) is 0.926. The zero-order valence-electron chi connectivity index (χ0n) is 8.17. The molecule has 0 amide bonds. The second-order valence-corrected chi connectivity index (χ2v) is 2.80. The number of benzene rings is 1. The van der Waals surface area contributed by atoms with Crippen molar-refractivity contribution in [1.29, 1.82) is 0 Å². The number of halogens is 2. The second kappa shape index (κ2) is 5.24. The first-order chi connectivity index (χ1) is 7.15. The van der Waals surface area contributed by atoms with Crippen LogP contribution in [0.3, 0.4) is 0 Å². The van der Waals surface area contributed by atoms with Crippen molar-refractivity contribution in [3.8, 4) is 0 Å². The normalized spacial score (nSPS) is 10.6. The molecule has 2 nitrogen and oxygen atoms in total. The number of hydrogen-bond donors (Lipinski definition) is 0. The number of allylic oxidation sites excluding steroid dienone is 1. The maximum atomic E-state index is 12.7. The minimum atomic E-state index is -1.06. The Morgan fingerprint density at radius 3 is 2.73 bits per heavy atom. The van der Waals surface area contributed by atoms with Gasteiger partial charge in [0.05, 0.1) is 5.56 Å². The van der Waals surface area contributed by atoms with Crippen molar-refractivity contribution >= 4 is 5.97 Å². The van der Waals surface area contributed by atoms with Crippen molar-refractivity contribution in [3.63, 3.8) is 0 Å². The second-order valence-electron chi connectivity index (χ2n) is 2.80. The largest absolute Gasteiger partial charge is 0.458 e. The molecule has 4 heteroatoms. The fraction of sp³-hybridized carbons (Fsp3) is 0.182. The fourth-order valence-corrected chi connectivity index (χ4v) is 0.926. The number of hydrogen-bond acceptors (Lipinski definition) is 2. The molecule has 0 saturated carbocycles. The van der Waals surface area contributed by atoms with Crippen LogP contribution >= 0.6 is 0 Å². The van der Waals surface area contributed by atoms with Crippen LogP contribution in [0.5, 0.6) is 0 Å². The van der Waals surface area contributed by atoms with E-state index in [0.717, 1.165) is 12.1 Å². The van der Waals surface area contributed by atoms with E-state index in [9.17, 15) is 13.6 Å². The van der Waals surface area contributed by atoms with E-state index >= 15 is 0 Å². The summed E-state index contributed by atoms with van der Waals surface area (Å²) in [6.45, 7) is 1.90. The van der Waals surface area contributed by atoms with Gasteiger partial charge in [0.25, 0.3) is 0 Å². The first-order valence-corrected chi connectivity index (χ1v) is 4.38. The topological polar surface area (TPSA) is 26.3 Å². The summed E-state index contributed by atoms with van der Waals surface area (Å²) >= 11 is 0. The van der Waals surface area contributed by atoms with Crippen LogP contribution in [0.25, 0.3) is 0 Å². The Balaban J connectivity index is 2.70. The molecule has 0 radical (unpaired) electrons. The van der Waals surface area contributed by atoms with Crippen molar-refractivity contribution in [2.24, 2.45) is 0 Å². The van der Waals surface area contributed by atoms with Crippen LogP contribution in [0.4, 0.5) is 8.78 Å². The minimum Gasteiger partial charge on any atom is -0.458 e. The lowest BCUT2D eigenvalue weighted by atomic mass is 10.2. The average Bonchev–Trinajstić information content (AvgIpc) is 2.22. The summed E-state index contributed by atoms with van der Waals surface area (Å²) in [5, 5.41) is 0. The number of ether oxygens (including phenoxy) is 1. The maximum absolute atomic E-state index is 12.7. The molecule has 15 heavy (non-hydrogen) atoms. The molecule has 0 N–H and O–H groups in total. The van der Waals surface area contributed by atoms with Crippen LogP contribution in [0, 0.1) is 11.6 Å². The van der Waals surface area contributed by atoms with Gasteiger partial charge < -0.3 is 4.74 Å².